The van der Waals surface area contributed by atoms with Crippen LogP contribution >= 0.6 is 11.6 Å². The van der Waals surface area contributed by atoms with Gasteiger partial charge in [0.05, 0.1) is 24.1 Å². The first-order valence-corrected chi connectivity index (χ1v) is 8.57. The number of amides is 1. The average Bonchev–Trinajstić information content (AvgIpc) is 3.13. The van der Waals surface area contributed by atoms with Gasteiger partial charge in [-0.2, -0.15) is 0 Å². The van der Waals surface area contributed by atoms with Crippen molar-refractivity contribution in [2.24, 2.45) is 0 Å². The molecule has 2 aromatic rings. The third-order valence-corrected chi connectivity index (χ3v) is 4.88. The first kappa shape index (κ1) is 17.2. The lowest BCUT2D eigenvalue weighted by atomic mass is 10.2. The maximum Gasteiger partial charge on any atom is 0.236 e. The summed E-state index contributed by atoms with van der Waals surface area (Å²) in [6.45, 7) is 2.87. The van der Waals surface area contributed by atoms with Gasteiger partial charge in [-0.15, -0.1) is 0 Å². The minimum atomic E-state index is 0.118. The summed E-state index contributed by atoms with van der Waals surface area (Å²) in [7, 11) is 6.01. The second-order valence-corrected chi connectivity index (χ2v) is 7.17. The van der Waals surface area contributed by atoms with Crippen LogP contribution in [0.3, 0.4) is 0 Å². The molecule has 0 saturated carbocycles. The zero-order chi connectivity index (χ0) is 17.3. The van der Waals surface area contributed by atoms with Crippen molar-refractivity contribution in [2.45, 2.75) is 19.0 Å². The molecule has 6 nitrogen and oxygen atoms in total. The van der Waals surface area contributed by atoms with Gasteiger partial charge in [0.1, 0.15) is 5.82 Å². The van der Waals surface area contributed by atoms with Crippen molar-refractivity contribution in [1.82, 2.24) is 24.7 Å². The number of aromatic nitrogens is 2. The number of fused-ring (bicyclic) bond motifs is 1. The van der Waals surface area contributed by atoms with Crippen LogP contribution in [-0.2, 0) is 11.3 Å². The van der Waals surface area contributed by atoms with Crippen LogP contribution in [0.5, 0.6) is 0 Å². The van der Waals surface area contributed by atoms with Crippen molar-refractivity contribution >= 4 is 28.5 Å². The highest BCUT2D eigenvalue weighted by Crippen LogP contribution is 2.18. The fraction of sp³-hybridized carbons (Fsp3) is 0.529. The molecule has 1 saturated heterocycles. The predicted molar refractivity (Wildman–Crippen MR) is 96.1 cm³/mol. The van der Waals surface area contributed by atoms with E-state index in [0.29, 0.717) is 24.2 Å². The van der Waals surface area contributed by atoms with Crippen LogP contribution in [0, 0.1) is 0 Å². The molecule has 0 aliphatic carbocycles. The Morgan fingerprint density at radius 3 is 2.92 bits per heavy atom. The Labute approximate surface area is 147 Å². The number of H-pyrrole nitrogens is 1. The second-order valence-electron chi connectivity index (χ2n) is 6.74. The standard InChI is InChI=1S/C17H24ClN5O/c1-21(2)13-6-7-23(9-13)11-17(24)22(3)10-16-19-14-5-4-12(18)8-15(14)20-16/h4-5,8,13H,6-7,9-11H2,1-3H3,(H,19,20)/t13-/m0/s1. The van der Waals surface area contributed by atoms with Gasteiger partial charge in [-0.3, -0.25) is 9.69 Å². The highest BCUT2D eigenvalue weighted by Gasteiger charge is 2.26. The Hall–Kier alpha value is -1.63. The quantitative estimate of drug-likeness (QED) is 0.894. The van der Waals surface area contributed by atoms with Gasteiger partial charge in [-0.05, 0) is 38.7 Å². The highest BCUT2D eigenvalue weighted by molar-refractivity contribution is 6.31. The molecule has 1 N–H and O–H groups in total. The molecule has 1 amide bonds. The Morgan fingerprint density at radius 1 is 1.42 bits per heavy atom. The molecule has 2 heterocycles. The molecule has 1 aliphatic rings. The molecule has 24 heavy (non-hydrogen) atoms. The summed E-state index contributed by atoms with van der Waals surface area (Å²) in [6.07, 6.45) is 1.12. The normalized spacial score (nSPS) is 18.6. The second kappa shape index (κ2) is 7.09. The number of benzene rings is 1. The van der Waals surface area contributed by atoms with Crippen molar-refractivity contribution in [3.05, 3.63) is 29.0 Å². The number of halogens is 1. The monoisotopic (exact) mass is 349 g/mol. The summed E-state index contributed by atoms with van der Waals surface area (Å²) >= 11 is 5.99. The number of nitrogens with zero attached hydrogens (tertiary/aromatic N) is 4. The van der Waals surface area contributed by atoms with Gasteiger partial charge in [0.25, 0.3) is 0 Å². The minimum absolute atomic E-state index is 0.118. The lowest BCUT2D eigenvalue weighted by Crippen LogP contribution is -2.39. The molecular formula is C17H24ClN5O. The Morgan fingerprint density at radius 2 is 2.21 bits per heavy atom. The van der Waals surface area contributed by atoms with E-state index in [1.165, 1.54) is 0 Å². The first-order chi connectivity index (χ1) is 11.4. The topological polar surface area (TPSA) is 55.5 Å². The molecule has 130 valence electrons. The zero-order valence-corrected chi connectivity index (χ0v) is 15.2. The van der Waals surface area contributed by atoms with Crippen molar-refractivity contribution < 1.29 is 4.79 Å². The van der Waals surface area contributed by atoms with Gasteiger partial charge in [-0.25, -0.2) is 4.98 Å². The molecule has 0 bridgehead atoms. The molecule has 0 spiro atoms. The lowest BCUT2D eigenvalue weighted by Gasteiger charge is -2.22. The van der Waals surface area contributed by atoms with Gasteiger partial charge in [0.15, 0.2) is 0 Å². The first-order valence-electron chi connectivity index (χ1n) is 8.19. The lowest BCUT2D eigenvalue weighted by molar-refractivity contribution is -0.131. The van der Waals surface area contributed by atoms with Crippen molar-refractivity contribution in [3.8, 4) is 0 Å². The Balaban J connectivity index is 1.57. The van der Waals surface area contributed by atoms with Crippen LogP contribution in [-0.4, -0.2) is 77.4 Å². The summed E-state index contributed by atoms with van der Waals surface area (Å²) < 4.78 is 0. The maximum absolute atomic E-state index is 12.5. The van der Waals surface area contributed by atoms with Gasteiger partial charge >= 0.3 is 0 Å². The van der Waals surface area contributed by atoms with E-state index in [2.05, 4.69) is 33.9 Å². The third-order valence-electron chi connectivity index (χ3n) is 4.64. The minimum Gasteiger partial charge on any atom is -0.340 e. The van der Waals surface area contributed by atoms with Crippen molar-refractivity contribution in [3.63, 3.8) is 0 Å². The molecular weight excluding hydrogens is 326 g/mol. The summed E-state index contributed by atoms with van der Waals surface area (Å²) in [4.78, 5) is 26.4. The van der Waals surface area contributed by atoms with E-state index in [-0.39, 0.29) is 5.91 Å². The van der Waals surface area contributed by atoms with Crippen molar-refractivity contribution in [2.75, 3.05) is 40.8 Å². The van der Waals surface area contributed by atoms with Crippen LogP contribution in [0.4, 0.5) is 0 Å². The number of nitrogens with one attached hydrogen (secondary N) is 1. The van der Waals surface area contributed by atoms with E-state index >= 15 is 0 Å². The number of likely N-dealkylation sites (tertiary alicyclic amines) is 1. The Bertz CT molecular complexity index is 729. The fourth-order valence-corrected chi connectivity index (χ4v) is 3.28. The summed E-state index contributed by atoms with van der Waals surface area (Å²) in [6, 6.07) is 6.09. The number of likely N-dealkylation sites (N-methyl/N-ethyl adjacent to an activating group) is 2. The van der Waals surface area contributed by atoms with Crippen LogP contribution < -0.4 is 0 Å². The SMILES string of the molecule is CN(Cc1nc2ccc(Cl)cc2[nH]1)C(=O)CN1CC[C@H](N(C)C)C1. The molecule has 1 aromatic carbocycles. The number of carbonyl (C=O) groups is 1. The van der Waals surface area contributed by atoms with Gasteiger partial charge in [-0.1, -0.05) is 11.6 Å². The summed E-state index contributed by atoms with van der Waals surface area (Å²) in [5.41, 5.74) is 1.76. The van der Waals surface area contributed by atoms with Crippen LogP contribution in [0.25, 0.3) is 11.0 Å². The van der Waals surface area contributed by atoms with Gasteiger partial charge in [0.2, 0.25) is 5.91 Å². The van der Waals surface area contributed by atoms with E-state index < -0.39 is 0 Å². The molecule has 3 rings (SSSR count). The predicted octanol–water partition coefficient (Wildman–Crippen LogP) is 1.81. The number of carbonyl (C=O) groups excluding carboxylic acids is 1. The molecule has 1 aliphatic heterocycles. The van der Waals surface area contributed by atoms with E-state index in [9.17, 15) is 4.79 Å². The smallest absolute Gasteiger partial charge is 0.236 e. The maximum atomic E-state index is 12.5. The fourth-order valence-electron chi connectivity index (χ4n) is 3.11. The summed E-state index contributed by atoms with van der Waals surface area (Å²) in [5, 5.41) is 0.673. The molecule has 1 fully saturated rings. The largest absolute Gasteiger partial charge is 0.340 e. The zero-order valence-electron chi connectivity index (χ0n) is 14.4. The average molecular weight is 350 g/mol. The molecule has 1 aromatic heterocycles. The van der Waals surface area contributed by atoms with Crippen LogP contribution in [0.1, 0.15) is 12.2 Å². The number of rotatable bonds is 5. The number of hydrogen-bond donors (Lipinski definition) is 1. The van der Waals surface area contributed by atoms with E-state index in [1.807, 2.05) is 25.2 Å². The molecule has 0 unspecified atom stereocenters. The Kier molecular flexibility index (Phi) is 5.08. The number of hydrogen-bond acceptors (Lipinski definition) is 4. The van der Waals surface area contributed by atoms with Crippen molar-refractivity contribution in [1.29, 1.82) is 0 Å². The molecule has 1 atom stereocenters. The van der Waals surface area contributed by atoms with Gasteiger partial charge < -0.3 is 14.8 Å². The highest BCUT2D eigenvalue weighted by atomic mass is 35.5. The summed E-state index contributed by atoms with van der Waals surface area (Å²) in [5.74, 6) is 0.892. The third kappa shape index (κ3) is 3.88. The van der Waals surface area contributed by atoms with Crippen LogP contribution in [0.15, 0.2) is 18.2 Å². The van der Waals surface area contributed by atoms with E-state index in [4.69, 9.17) is 11.6 Å². The molecule has 0 radical (unpaired) electrons. The van der Waals surface area contributed by atoms with E-state index in [1.54, 1.807) is 4.90 Å². The number of aromatic amines is 1. The number of imidazole rings is 1. The van der Waals surface area contributed by atoms with Gasteiger partial charge in [0, 0.05) is 31.2 Å². The van der Waals surface area contributed by atoms with Crippen LogP contribution in [0.2, 0.25) is 5.02 Å². The molecule has 7 heteroatoms. The van der Waals surface area contributed by atoms with E-state index in [0.717, 1.165) is 36.4 Å².